The Morgan fingerprint density at radius 1 is 1.50 bits per heavy atom. The van der Waals surface area contributed by atoms with E-state index in [1.165, 1.54) is 12.1 Å². The molecule has 0 aliphatic heterocycles. The van der Waals surface area contributed by atoms with Crippen molar-refractivity contribution in [3.63, 3.8) is 0 Å². The summed E-state index contributed by atoms with van der Waals surface area (Å²) in [4.78, 5) is 12.0. The fraction of sp³-hybridized carbons (Fsp3) is 0.429. The second-order valence-corrected chi connectivity index (χ2v) is 4.71. The molecule has 2 atom stereocenters. The van der Waals surface area contributed by atoms with Crippen molar-refractivity contribution in [2.24, 2.45) is 5.92 Å². The summed E-state index contributed by atoms with van der Waals surface area (Å²) >= 11 is 0. The highest BCUT2D eigenvalue weighted by molar-refractivity contribution is 5.95. The van der Waals surface area contributed by atoms with Crippen LogP contribution in [0.4, 0.5) is 4.39 Å². The Balaban J connectivity index is 2.13. The SMILES string of the molecule is Cc1ccc(F)cc1C(=O)NC1CCCC1C#N. The topological polar surface area (TPSA) is 52.9 Å². The maximum atomic E-state index is 13.1. The number of nitrogens with one attached hydrogen (secondary N) is 1. The van der Waals surface area contributed by atoms with Crippen LogP contribution in [0.1, 0.15) is 35.2 Å². The maximum Gasteiger partial charge on any atom is 0.251 e. The van der Waals surface area contributed by atoms with Crippen LogP contribution in [0.2, 0.25) is 0 Å². The second-order valence-electron chi connectivity index (χ2n) is 4.71. The van der Waals surface area contributed by atoms with E-state index in [-0.39, 0.29) is 17.9 Å². The standard InChI is InChI=1S/C14H15FN2O/c1-9-5-6-11(15)7-12(9)14(18)17-13-4-2-3-10(13)8-16/h5-7,10,13H,2-4H2,1H3,(H,17,18). The normalized spacial score (nSPS) is 22.5. The summed E-state index contributed by atoms with van der Waals surface area (Å²) in [5.74, 6) is -0.837. The Bertz CT molecular complexity index is 507. The fourth-order valence-electron chi connectivity index (χ4n) is 2.37. The Hall–Kier alpha value is -1.89. The average molecular weight is 246 g/mol. The molecule has 1 aromatic rings. The van der Waals surface area contributed by atoms with Crippen LogP contribution in [-0.4, -0.2) is 11.9 Å². The molecule has 1 aliphatic carbocycles. The van der Waals surface area contributed by atoms with Crippen molar-refractivity contribution in [2.45, 2.75) is 32.2 Å². The van der Waals surface area contributed by atoms with E-state index in [0.717, 1.165) is 24.8 Å². The molecule has 1 N–H and O–H groups in total. The molecule has 3 nitrogen and oxygen atoms in total. The van der Waals surface area contributed by atoms with Crippen molar-refractivity contribution in [3.05, 3.63) is 35.1 Å². The maximum absolute atomic E-state index is 13.1. The van der Waals surface area contributed by atoms with Crippen LogP contribution < -0.4 is 5.32 Å². The van der Waals surface area contributed by atoms with Gasteiger partial charge in [0.15, 0.2) is 0 Å². The number of carbonyl (C=O) groups is 1. The number of benzene rings is 1. The summed E-state index contributed by atoms with van der Waals surface area (Å²) in [6, 6.07) is 6.26. The van der Waals surface area contributed by atoms with Gasteiger partial charge in [-0.2, -0.15) is 5.26 Å². The van der Waals surface area contributed by atoms with Crippen molar-refractivity contribution < 1.29 is 9.18 Å². The lowest BCUT2D eigenvalue weighted by Gasteiger charge is -2.16. The molecule has 0 heterocycles. The van der Waals surface area contributed by atoms with Crippen molar-refractivity contribution in [3.8, 4) is 6.07 Å². The second kappa shape index (κ2) is 5.18. The molecular weight excluding hydrogens is 231 g/mol. The summed E-state index contributed by atoms with van der Waals surface area (Å²) in [7, 11) is 0. The lowest BCUT2D eigenvalue weighted by atomic mass is 10.0. The van der Waals surface area contributed by atoms with E-state index in [1.54, 1.807) is 13.0 Å². The summed E-state index contributed by atoms with van der Waals surface area (Å²) < 4.78 is 13.1. The van der Waals surface area contributed by atoms with Crippen LogP contribution in [0.25, 0.3) is 0 Å². The summed E-state index contributed by atoms with van der Waals surface area (Å²) in [6.07, 6.45) is 2.59. The molecule has 94 valence electrons. The van der Waals surface area contributed by atoms with E-state index in [0.29, 0.717) is 5.56 Å². The third-order valence-electron chi connectivity index (χ3n) is 3.44. The number of hydrogen-bond donors (Lipinski definition) is 1. The largest absolute Gasteiger partial charge is 0.348 e. The first-order valence-electron chi connectivity index (χ1n) is 6.08. The number of rotatable bonds is 2. The minimum absolute atomic E-state index is 0.106. The molecule has 0 spiro atoms. The first-order valence-corrected chi connectivity index (χ1v) is 6.08. The zero-order valence-electron chi connectivity index (χ0n) is 10.2. The van der Waals surface area contributed by atoms with Gasteiger partial charge in [0, 0.05) is 11.6 Å². The van der Waals surface area contributed by atoms with Gasteiger partial charge in [0.05, 0.1) is 12.0 Å². The number of amides is 1. The number of carbonyl (C=O) groups excluding carboxylic acids is 1. The number of aryl methyl sites for hydroxylation is 1. The van der Waals surface area contributed by atoms with Crippen molar-refractivity contribution >= 4 is 5.91 Å². The molecule has 2 rings (SSSR count). The fourth-order valence-corrected chi connectivity index (χ4v) is 2.37. The molecule has 2 unspecified atom stereocenters. The molecule has 0 bridgehead atoms. The highest BCUT2D eigenvalue weighted by Crippen LogP contribution is 2.25. The smallest absolute Gasteiger partial charge is 0.251 e. The summed E-state index contributed by atoms with van der Waals surface area (Å²) in [5, 5.41) is 11.8. The van der Waals surface area contributed by atoms with Crippen LogP contribution in [0.3, 0.4) is 0 Å². The first-order chi connectivity index (χ1) is 8.61. The average Bonchev–Trinajstić information content (AvgIpc) is 2.79. The van der Waals surface area contributed by atoms with Gasteiger partial charge in [0.1, 0.15) is 5.82 Å². The van der Waals surface area contributed by atoms with Crippen molar-refractivity contribution in [2.75, 3.05) is 0 Å². The van der Waals surface area contributed by atoms with E-state index in [2.05, 4.69) is 11.4 Å². The Kier molecular flexibility index (Phi) is 3.61. The quantitative estimate of drug-likeness (QED) is 0.871. The molecule has 0 saturated heterocycles. The monoisotopic (exact) mass is 246 g/mol. The van der Waals surface area contributed by atoms with Crippen LogP contribution >= 0.6 is 0 Å². The minimum atomic E-state index is -0.422. The van der Waals surface area contributed by atoms with Crippen LogP contribution in [0, 0.1) is 30.0 Å². The first kappa shape index (κ1) is 12.6. The van der Waals surface area contributed by atoms with Crippen molar-refractivity contribution in [1.82, 2.24) is 5.32 Å². The molecule has 4 heteroatoms. The molecule has 1 saturated carbocycles. The third-order valence-corrected chi connectivity index (χ3v) is 3.44. The highest BCUT2D eigenvalue weighted by Gasteiger charge is 2.28. The van der Waals surface area contributed by atoms with Gasteiger partial charge >= 0.3 is 0 Å². The molecule has 0 radical (unpaired) electrons. The lowest BCUT2D eigenvalue weighted by Crippen LogP contribution is -2.37. The van der Waals surface area contributed by atoms with Gasteiger partial charge in [-0.25, -0.2) is 4.39 Å². The van der Waals surface area contributed by atoms with Crippen molar-refractivity contribution in [1.29, 1.82) is 5.26 Å². The third kappa shape index (κ3) is 2.51. The number of hydrogen-bond acceptors (Lipinski definition) is 2. The van der Waals surface area contributed by atoms with E-state index in [1.807, 2.05) is 0 Å². The summed E-state index contributed by atoms with van der Waals surface area (Å²) in [5.41, 5.74) is 1.08. The Morgan fingerprint density at radius 2 is 2.28 bits per heavy atom. The highest BCUT2D eigenvalue weighted by atomic mass is 19.1. The molecule has 18 heavy (non-hydrogen) atoms. The minimum Gasteiger partial charge on any atom is -0.348 e. The number of halogens is 1. The van der Waals surface area contributed by atoms with E-state index in [4.69, 9.17) is 5.26 Å². The summed E-state index contributed by atoms with van der Waals surface area (Å²) in [6.45, 7) is 1.77. The zero-order chi connectivity index (χ0) is 13.1. The van der Waals surface area contributed by atoms with Gasteiger partial charge < -0.3 is 5.32 Å². The van der Waals surface area contributed by atoms with Gasteiger partial charge in [-0.1, -0.05) is 6.07 Å². The van der Waals surface area contributed by atoms with Gasteiger partial charge in [-0.05, 0) is 43.9 Å². The predicted octanol–water partition coefficient (Wildman–Crippen LogP) is 2.56. The lowest BCUT2D eigenvalue weighted by molar-refractivity contribution is 0.0931. The van der Waals surface area contributed by atoms with Gasteiger partial charge in [-0.15, -0.1) is 0 Å². The van der Waals surface area contributed by atoms with Gasteiger partial charge in [0.25, 0.3) is 5.91 Å². The van der Waals surface area contributed by atoms with Gasteiger partial charge in [-0.3, -0.25) is 4.79 Å². The molecule has 0 aromatic heterocycles. The van der Waals surface area contributed by atoms with E-state index < -0.39 is 5.82 Å². The molecular formula is C14H15FN2O. The van der Waals surface area contributed by atoms with Crippen LogP contribution in [0.15, 0.2) is 18.2 Å². The Morgan fingerprint density at radius 3 is 3.00 bits per heavy atom. The zero-order valence-corrected chi connectivity index (χ0v) is 10.2. The molecule has 1 fully saturated rings. The van der Waals surface area contributed by atoms with Crippen LogP contribution in [-0.2, 0) is 0 Å². The van der Waals surface area contributed by atoms with Crippen LogP contribution in [0.5, 0.6) is 0 Å². The number of nitrogens with zero attached hydrogens (tertiary/aromatic N) is 1. The molecule has 1 aromatic carbocycles. The van der Waals surface area contributed by atoms with Gasteiger partial charge in [0.2, 0.25) is 0 Å². The van der Waals surface area contributed by atoms with E-state index >= 15 is 0 Å². The molecule has 1 amide bonds. The molecule has 1 aliphatic rings. The predicted molar refractivity (Wildman–Crippen MR) is 65.3 cm³/mol. The van der Waals surface area contributed by atoms with E-state index in [9.17, 15) is 9.18 Å². The Labute approximate surface area is 106 Å². The number of nitriles is 1.